The minimum absolute atomic E-state index is 0.0825. The maximum Gasteiger partial charge on any atom is 0.253 e. The van der Waals surface area contributed by atoms with Gasteiger partial charge in [0, 0.05) is 23.6 Å². The molecule has 3 aliphatic heterocycles. The Morgan fingerprint density at radius 2 is 1.85 bits per heavy atom. The lowest BCUT2D eigenvalue weighted by Crippen LogP contribution is -2.41. The molecule has 202 valence electrons. The van der Waals surface area contributed by atoms with Gasteiger partial charge in [0.2, 0.25) is 6.79 Å². The number of nitrogens with zero attached hydrogens (tertiary/aromatic N) is 5. The molecule has 4 aromatic rings. The van der Waals surface area contributed by atoms with Crippen molar-refractivity contribution in [2.75, 3.05) is 26.5 Å². The first-order valence-electron chi connectivity index (χ1n) is 13.8. The summed E-state index contributed by atoms with van der Waals surface area (Å²) in [6.45, 7) is 3.23. The standard InChI is InChI=1S/C29H32N6O4/c36-29-23(14-21-15-25-26(39-18-38-25)16-24(21)30-29)27(28-31-32-33-35(28)17-22-7-4-12-37-22)34-10-8-20(9-11-34)13-19-5-2-1-3-6-19/h1-3,5-6,14-16,20,22,27H,4,7-13,17-18H2,(H,30,36)/t22-,27-/m0/s1. The third-order valence-electron chi connectivity index (χ3n) is 8.25. The highest BCUT2D eigenvalue weighted by Crippen LogP contribution is 2.37. The highest BCUT2D eigenvalue weighted by Gasteiger charge is 2.34. The molecule has 2 fully saturated rings. The van der Waals surface area contributed by atoms with Crippen molar-refractivity contribution in [3.05, 3.63) is 75.8 Å². The van der Waals surface area contributed by atoms with Gasteiger partial charge in [-0.3, -0.25) is 9.69 Å². The smallest absolute Gasteiger partial charge is 0.253 e. The quantitative estimate of drug-likeness (QED) is 0.389. The van der Waals surface area contributed by atoms with E-state index < -0.39 is 0 Å². The topological polar surface area (TPSA) is 107 Å². The Balaban J connectivity index is 1.23. The molecule has 0 aliphatic carbocycles. The minimum atomic E-state index is -0.377. The molecule has 3 aliphatic rings. The van der Waals surface area contributed by atoms with Crippen LogP contribution in [-0.4, -0.2) is 62.7 Å². The van der Waals surface area contributed by atoms with E-state index in [0.717, 1.165) is 57.2 Å². The summed E-state index contributed by atoms with van der Waals surface area (Å²) in [5, 5.41) is 13.7. The molecule has 10 nitrogen and oxygen atoms in total. The van der Waals surface area contributed by atoms with Crippen LogP contribution in [0.5, 0.6) is 11.5 Å². The molecule has 39 heavy (non-hydrogen) atoms. The summed E-state index contributed by atoms with van der Waals surface area (Å²) in [6.07, 6.45) is 5.27. The zero-order valence-electron chi connectivity index (χ0n) is 21.8. The van der Waals surface area contributed by atoms with E-state index in [1.807, 2.05) is 22.9 Å². The minimum Gasteiger partial charge on any atom is -0.454 e. The molecule has 0 saturated carbocycles. The van der Waals surface area contributed by atoms with E-state index in [9.17, 15) is 4.79 Å². The fourth-order valence-corrected chi connectivity index (χ4v) is 6.20. The van der Waals surface area contributed by atoms with E-state index >= 15 is 0 Å². The maximum atomic E-state index is 13.6. The Hall–Kier alpha value is -3.76. The van der Waals surface area contributed by atoms with Crippen molar-refractivity contribution in [2.24, 2.45) is 5.92 Å². The van der Waals surface area contributed by atoms with Crippen molar-refractivity contribution >= 4 is 10.9 Å². The Kier molecular flexibility index (Phi) is 6.49. The van der Waals surface area contributed by atoms with Crippen LogP contribution in [0.1, 0.15) is 48.7 Å². The van der Waals surface area contributed by atoms with Gasteiger partial charge in [0.15, 0.2) is 17.3 Å². The summed E-state index contributed by atoms with van der Waals surface area (Å²) in [4.78, 5) is 19.1. The second kappa shape index (κ2) is 10.4. The van der Waals surface area contributed by atoms with Crippen molar-refractivity contribution < 1.29 is 14.2 Å². The van der Waals surface area contributed by atoms with Crippen LogP contribution in [-0.2, 0) is 17.7 Å². The predicted molar refractivity (Wildman–Crippen MR) is 144 cm³/mol. The summed E-state index contributed by atoms with van der Waals surface area (Å²) >= 11 is 0. The van der Waals surface area contributed by atoms with Crippen molar-refractivity contribution in [3.63, 3.8) is 0 Å². The van der Waals surface area contributed by atoms with Crippen LogP contribution >= 0.6 is 0 Å². The van der Waals surface area contributed by atoms with Crippen LogP contribution in [0.3, 0.4) is 0 Å². The molecule has 2 atom stereocenters. The van der Waals surface area contributed by atoms with E-state index in [1.165, 1.54) is 5.56 Å². The van der Waals surface area contributed by atoms with Crippen LogP contribution < -0.4 is 15.0 Å². The average Bonchev–Trinajstić information content (AvgIpc) is 3.73. The fraction of sp³-hybridized carbons (Fsp3) is 0.448. The van der Waals surface area contributed by atoms with Gasteiger partial charge in [-0.2, -0.15) is 0 Å². The zero-order valence-corrected chi connectivity index (χ0v) is 21.8. The first-order chi connectivity index (χ1) is 19.2. The number of aromatic amines is 1. The molecule has 0 amide bonds. The number of tetrazole rings is 1. The molecule has 2 aromatic heterocycles. The number of pyridine rings is 1. The van der Waals surface area contributed by atoms with Crippen LogP contribution in [0.15, 0.2) is 53.3 Å². The number of rotatable bonds is 7. The number of piperidine rings is 1. The SMILES string of the molecule is O=c1[nH]c2cc3c(cc2cc1[C@@H](c1nnnn1C[C@@H]1CCCO1)N1CCC(Cc2ccccc2)CC1)OCO3. The molecule has 5 heterocycles. The van der Waals surface area contributed by atoms with Crippen LogP contribution in [0.25, 0.3) is 10.9 Å². The van der Waals surface area contributed by atoms with Crippen molar-refractivity contribution in [3.8, 4) is 11.5 Å². The number of likely N-dealkylation sites (tertiary alicyclic amines) is 1. The average molecular weight is 529 g/mol. The first kappa shape index (κ1) is 24.3. The lowest BCUT2D eigenvalue weighted by atomic mass is 9.89. The number of ether oxygens (including phenoxy) is 3. The van der Waals surface area contributed by atoms with Crippen molar-refractivity contribution in [1.29, 1.82) is 0 Å². The van der Waals surface area contributed by atoms with Gasteiger partial charge < -0.3 is 19.2 Å². The Labute approximate surface area is 225 Å². The van der Waals surface area contributed by atoms with Gasteiger partial charge >= 0.3 is 0 Å². The first-order valence-corrected chi connectivity index (χ1v) is 13.8. The van der Waals surface area contributed by atoms with Gasteiger partial charge in [-0.05, 0) is 79.2 Å². The second-order valence-corrected chi connectivity index (χ2v) is 10.8. The highest BCUT2D eigenvalue weighted by atomic mass is 16.7. The summed E-state index contributed by atoms with van der Waals surface area (Å²) in [6, 6.07) is 16.0. The molecule has 0 spiro atoms. The molecular formula is C29H32N6O4. The normalized spacial score (nSPS) is 20.6. The van der Waals surface area contributed by atoms with E-state index in [1.54, 1.807) is 0 Å². The zero-order chi connectivity index (χ0) is 26.2. The Morgan fingerprint density at radius 3 is 2.64 bits per heavy atom. The summed E-state index contributed by atoms with van der Waals surface area (Å²) in [7, 11) is 0. The van der Waals surface area contributed by atoms with Crippen LogP contribution in [0.2, 0.25) is 0 Å². The van der Waals surface area contributed by atoms with Gasteiger partial charge in [0.25, 0.3) is 5.56 Å². The fourth-order valence-electron chi connectivity index (χ4n) is 6.20. The number of H-pyrrole nitrogens is 1. The summed E-state index contributed by atoms with van der Waals surface area (Å²) < 4.78 is 18.8. The Bertz CT molecular complexity index is 1510. The monoisotopic (exact) mass is 528 g/mol. The number of benzene rings is 2. The van der Waals surface area contributed by atoms with E-state index in [2.05, 4.69) is 55.7 Å². The van der Waals surface area contributed by atoms with Gasteiger partial charge in [0.05, 0.1) is 18.2 Å². The van der Waals surface area contributed by atoms with Crippen LogP contribution in [0, 0.1) is 5.92 Å². The molecule has 2 aromatic carbocycles. The number of aromatic nitrogens is 5. The number of hydrogen-bond acceptors (Lipinski definition) is 8. The molecule has 0 bridgehead atoms. The van der Waals surface area contributed by atoms with E-state index in [4.69, 9.17) is 14.2 Å². The number of nitrogens with one attached hydrogen (secondary N) is 1. The number of hydrogen-bond donors (Lipinski definition) is 1. The van der Waals surface area contributed by atoms with Gasteiger partial charge in [-0.1, -0.05) is 30.3 Å². The Morgan fingerprint density at radius 1 is 1.03 bits per heavy atom. The summed E-state index contributed by atoms with van der Waals surface area (Å²) in [5.74, 6) is 2.60. The maximum absolute atomic E-state index is 13.6. The van der Waals surface area contributed by atoms with Gasteiger partial charge in [-0.15, -0.1) is 5.10 Å². The summed E-state index contributed by atoms with van der Waals surface area (Å²) in [5.41, 5.74) is 2.57. The molecule has 7 rings (SSSR count). The largest absolute Gasteiger partial charge is 0.454 e. The highest BCUT2D eigenvalue weighted by molar-refractivity contribution is 5.83. The molecule has 1 N–H and O–H groups in total. The predicted octanol–water partition coefficient (Wildman–Crippen LogP) is 3.47. The third kappa shape index (κ3) is 4.90. The van der Waals surface area contributed by atoms with E-state index in [0.29, 0.717) is 40.9 Å². The third-order valence-corrected chi connectivity index (χ3v) is 8.25. The van der Waals surface area contributed by atoms with Crippen molar-refractivity contribution in [2.45, 2.75) is 50.8 Å². The lowest BCUT2D eigenvalue weighted by Gasteiger charge is -2.37. The molecular weight excluding hydrogens is 496 g/mol. The molecule has 2 saturated heterocycles. The lowest BCUT2D eigenvalue weighted by molar-refractivity contribution is 0.0892. The number of fused-ring (bicyclic) bond motifs is 2. The molecule has 0 unspecified atom stereocenters. The van der Waals surface area contributed by atoms with Crippen molar-refractivity contribution in [1.82, 2.24) is 30.1 Å². The van der Waals surface area contributed by atoms with Crippen LogP contribution in [0.4, 0.5) is 0 Å². The second-order valence-electron chi connectivity index (χ2n) is 10.8. The molecule has 10 heteroatoms. The van der Waals surface area contributed by atoms with Gasteiger partial charge in [0.1, 0.15) is 6.04 Å². The molecule has 0 radical (unpaired) electrons. The van der Waals surface area contributed by atoms with E-state index in [-0.39, 0.29) is 24.5 Å². The van der Waals surface area contributed by atoms with Gasteiger partial charge in [-0.25, -0.2) is 4.68 Å².